The van der Waals surface area contributed by atoms with Gasteiger partial charge in [0.1, 0.15) is 11.6 Å². The van der Waals surface area contributed by atoms with Crippen LogP contribution in [-0.2, 0) is 11.9 Å². The first-order valence-electron chi connectivity index (χ1n) is 7.78. The van der Waals surface area contributed by atoms with Crippen molar-refractivity contribution in [2.75, 3.05) is 0 Å². The molecule has 4 nitrogen and oxygen atoms in total. The van der Waals surface area contributed by atoms with Gasteiger partial charge in [0.15, 0.2) is 5.82 Å². The topological polar surface area (TPSA) is 43.6 Å². The molecule has 3 rings (SSSR count). The van der Waals surface area contributed by atoms with Crippen LogP contribution in [0, 0.1) is 11.6 Å². The van der Waals surface area contributed by atoms with Crippen molar-refractivity contribution in [3.63, 3.8) is 0 Å². The van der Waals surface area contributed by atoms with E-state index in [2.05, 4.69) is 15.5 Å². The fourth-order valence-electron chi connectivity index (χ4n) is 2.47. The molecule has 0 aliphatic heterocycles. The van der Waals surface area contributed by atoms with Gasteiger partial charge < -0.3 is 0 Å². The molecule has 1 heterocycles. The lowest BCUT2D eigenvalue weighted by molar-refractivity contribution is -0.137. The molecule has 1 aromatic heterocycles. The summed E-state index contributed by atoms with van der Waals surface area (Å²) in [6, 6.07) is 8.04. The standard InChI is InChI=1S/C17H13F5N4S/c1-10(16-13(18)3-2-4-14(16)19)27-9-15-23-24-25-26(15)12-7-5-11(6-8-12)17(20,21)22/h2-8,10H,9H2,1H3. The zero-order valence-electron chi connectivity index (χ0n) is 13.9. The number of benzene rings is 2. The zero-order chi connectivity index (χ0) is 19.6. The summed E-state index contributed by atoms with van der Waals surface area (Å²) in [4.78, 5) is 0. The first kappa shape index (κ1) is 19.3. The maximum absolute atomic E-state index is 13.9. The van der Waals surface area contributed by atoms with Crippen LogP contribution in [0.25, 0.3) is 5.69 Å². The largest absolute Gasteiger partial charge is 0.416 e. The molecule has 0 N–H and O–H groups in total. The minimum atomic E-state index is -4.43. The molecule has 142 valence electrons. The van der Waals surface area contributed by atoms with Crippen LogP contribution >= 0.6 is 11.8 Å². The van der Waals surface area contributed by atoms with Gasteiger partial charge in [0, 0.05) is 10.8 Å². The Hall–Kier alpha value is -2.49. The minimum absolute atomic E-state index is 0.0453. The molecule has 0 aliphatic carbocycles. The summed E-state index contributed by atoms with van der Waals surface area (Å²) in [5, 5.41) is 10.6. The van der Waals surface area contributed by atoms with Gasteiger partial charge in [0.25, 0.3) is 0 Å². The number of hydrogen-bond donors (Lipinski definition) is 0. The van der Waals surface area contributed by atoms with Gasteiger partial charge in [-0.15, -0.1) is 16.9 Å². The summed E-state index contributed by atoms with van der Waals surface area (Å²) < 4.78 is 67.0. The quantitative estimate of drug-likeness (QED) is 0.568. The Bertz CT molecular complexity index is 904. The van der Waals surface area contributed by atoms with E-state index in [-0.39, 0.29) is 11.3 Å². The number of halogens is 5. The van der Waals surface area contributed by atoms with E-state index in [1.165, 1.54) is 46.8 Å². The number of alkyl halides is 3. The van der Waals surface area contributed by atoms with E-state index in [1.807, 2.05) is 0 Å². The van der Waals surface area contributed by atoms with E-state index in [9.17, 15) is 22.0 Å². The van der Waals surface area contributed by atoms with E-state index in [0.717, 1.165) is 12.1 Å². The second kappa shape index (κ2) is 7.63. The third-order valence-electron chi connectivity index (χ3n) is 3.84. The van der Waals surface area contributed by atoms with E-state index in [1.54, 1.807) is 6.92 Å². The van der Waals surface area contributed by atoms with Crippen LogP contribution in [0.1, 0.15) is 29.1 Å². The van der Waals surface area contributed by atoms with Crippen molar-refractivity contribution in [2.24, 2.45) is 0 Å². The Morgan fingerprint density at radius 1 is 1.04 bits per heavy atom. The summed E-state index contributed by atoms with van der Waals surface area (Å²) in [6.45, 7) is 1.65. The second-order valence-corrected chi connectivity index (χ2v) is 6.97. The van der Waals surface area contributed by atoms with Gasteiger partial charge in [-0.2, -0.15) is 17.9 Å². The lowest BCUT2D eigenvalue weighted by Gasteiger charge is -2.13. The number of thioether (sulfide) groups is 1. The van der Waals surface area contributed by atoms with Gasteiger partial charge in [-0.25, -0.2) is 8.78 Å². The highest BCUT2D eigenvalue weighted by molar-refractivity contribution is 7.98. The molecule has 1 atom stereocenters. The lowest BCUT2D eigenvalue weighted by Crippen LogP contribution is -2.07. The fraction of sp³-hybridized carbons (Fsp3) is 0.235. The number of hydrogen-bond acceptors (Lipinski definition) is 4. The van der Waals surface area contributed by atoms with Crippen molar-refractivity contribution in [3.05, 3.63) is 71.1 Å². The van der Waals surface area contributed by atoms with Crippen LogP contribution in [0.5, 0.6) is 0 Å². The predicted octanol–water partition coefficient (Wildman–Crippen LogP) is 4.95. The molecule has 0 amide bonds. The molecule has 0 spiro atoms. The van der Waals surface area contributed by atoms with Gasteiger partial charge in [0.05, 0.1) is 17.0 Å². The maximum Gasteiger partial charge on any atom is 0.416 e. The van der Waals surface area contributed by atoms with Crippen LogP contribution in [-0.4, -0.2) is 20.2 Å². The van der Waals surface area contributed by atoms with Gasteiger partial charge in [-0.3, -0.25) is 0 Å². The summed E-state index contributed by atoms with van der Waals surface area (Å²) in [7, 11) is 0. The number of rotatable bonds is 5. The Balaban J connectivity index is 1.76. The highest BCUT2D eigenvalue weighted by Gasteiger charge is 2.30. The molecule has 0 saturated heterocycles. The third kappa shape index (κ3) is 4.26. The Morgan fingerprint density at radius 2 is 1.67 bits per heavy atom. The Kier molecular flexibility index (Phi) is 5.45. The number of nitrogens with zero attached hydrogens (tertiary/aromatic N) is 4. The lowest BCUT2D eigenvalue weighted by atomic mass is 10.1. The van der Waals surface area contributed by atoms with Crippen molar-refractivity contribution in [1.29, 1.82) is 0 Å². The average molecular weight is 400 g/mol. The predicted molar refractivity (Wildman–Crippen MR) is 90.2 cm³/mol. The van der Waals surface area contributed by atoms with Crippen LogP contribution in [0.3, 0.4) is 0 Å². The van der Waals surface area contributed by atoms with Gasteiger partial charge in [-0.1, -0.05) is 6.07 Å². The molecule has 3 aromatic rings. The highest BCUT2D eigenvalue weighted by atomic mass is 32.2. The first-order chi connectivity index (χ1) is 12.8. The summed E-state index contributed by atoms with van der Waals surface area (Å²) in [6.07, 6.45) is -4.43. The van der Waals surface area contributed by atoms with Crippen LogP contribution in [0.2, 0.25) is 0 Å². The summed E-state index contributed by atoms with van der Waals surface area (Å²) >= 11 is 1.21. The van der Waals surface area contributed by atoms with E-state index < -0.39 is 28.6 Å². The molecular formula is C17H13F5N4S. The molecular weight excluding hydrogens is 387 g/mol. The van der Waals surface area contributed by atoms with Crippen molar-refractivity contribution in [1.82, 2.24) is 20.2 Å². The first-order valence-corrected chi connectivity index (χ1v) is 8.82. The van der Waals surface area contributed by atoms with Crippen LogP contribution in [0.15, 0.2) is 42.5 Å². The van der Waals surface area contributed by atoms with Crippen molar-refractivity contribution < 1.29 is 22.0 Å². The molecule has 27 heavy (non-hydrogen) atoms. The second-order valence-electron chi connectivity index (χ2n) is 5.64. The Morgan fingerprint density at radius 3 is 2.26 bits per heavy atom. The van der Waals surface area contributed by atoms with Gasteiger partial charge in [0.2, 0.25) is 0 Å². The molecule has 0 aliphatic rings. The highest BCUT2D eigenvalue weighted by Crippen LogP contribution is 2.34. The van der Waals surface area contributed by atoms with Crippen molar-refractivity contribution >= 4 is 11.8 Å². The SMILES string of the molecule is CC(SCc1nnnn1-c1ccc(C(F)(F)F)cc1)c1c(F)cccc1F. The van der Waals surface area contributed by atoms with Gasteiger partial charge in [-0.05, 0) is 53.7 Å². The minimum Gasteiger partial charge on any atom is -0.207 e. The summed E-state index contributed by atoms with van der Waals surface area (Å²) in [5.41, 5.74) is -0.469. The fourth-order valence-corrected chi connectivity index (χ4v) is 3.44. The molecule has 0 radical (unpaired) electrons. The van der Waals surface area contributed by atoms with Crippen molar-refractivity contribution in [2.45, 2.75) is 24.1 Å². The maximum atomic E-state index is 13.9. The van der Waals surface area contributed by atoms with Gasteiger partial charge >= 0.3 is 6.18 Å². The normalized spacial score (nSPS) is 13.0. The van der Waals surface area contributed by atoms with E-state index in [0.29, 0.717) is 11.5 Å². The molecule has 0 saturated carbocycles. The smallest absolute Gasteiger partial charge is 0.207 e. The van der Waals surface area contributed by atoms with Crippen LogP contribution in [0.4, 0.5) is 22.0 Å². The molecule has 2 aromatic carbocycles. The third-order valence-corrected chi connectivity index (χ3v) is 5.00. The number of aromatic nitrogens is 4. The summed E-state index contributed by atoms with van der Waals surface area (Å²) in [5.74, 6) is -0.721. The van der Waals surface area contributed by atoms with Crippen molar-refractivity contribution in [3.8, 4) is 5.69 Å². The Labute approximate surface area is 155 Å². The van der Waals surface area contributed by atoms with E-state index in [4.69, 9.17) is 0 Å². The van der Waals surface area contributed by atoms with Crippen LogP contribution < -0.4 is 0 Å². The molecule has 0 fully saturated rings. The average Bonchev–Trinajstić information content (AvgIpc) is 3.08. The number of tetrazole rings is 1. The van der Waals surface area contributed by atoms with E-state index >= 15 is 0 Å². The molecule has 10 heteroatoms. The molecule has 1 unspecified atom stereocenters. The molecule has 0 bridgehead atoms. The zero-order valence-corrected chi connectivity index (χ0v) is 14.7. The monoisotopic (exact) mass is 400 g/mol.